The predicted octanol–water partition coefficient (Wildman–Crippen LogP) is 1.73. The lowest BCUT2D eigenvalue weighted by molar-refractivity contribution is 1.36. The van der Waals surface area contributed by atoms with E-state index in [1.807, 2.05) is 0 Å². The first-order valence-corrected chi connectivity index (χ1v) is 3.54. The Morgan fingerprint density at radius 1 is 1.17 bits per heavy atom. The van der Waals surface area contributed by atoms with Crippen molar-refractivity contribution in [3.05, 3.63) is 0 Å². The van der Waals surface area contributed by atoms with Gasteiger partial charge in [-0.3, -0.25) is 0 Å². The minimum atomic E-state index is 0. The van der Waals surface area contributed by atoms with E-state index >= 15 is 0 Å². The number of hydrogen-bond donors (Lipinski definition) is 1. The molecule has 1 nitrogen and oxygen atoms in total. The van der Waals surface area contributed by atoms with Gasteiger partial charge < -0.3 is 6.15 Å². The summed E-state index contributed by atoms with van der Waals surface area (Å²) >= 11 is 0. The standard InChI is InChI=1S/C4H10Si.H3N/c1-3-5-4-2;/h3-4H2,1-2H3;1H3. The van der Waals surface area contributed by atoms with Crippen molar-refractivity contribution in [2.75, 3.05) is 0 Å². The second-order valence-corrected chi connectivity index (χ2v) is 2.87. The molecule has 0 rings (SSSR count). The minimum absolute atomic E-state index is 0. The third-order valence-electron chi connectivity index (χ3n) is 0.500. The summed E-state index contributed by atoms with van der Waals surface area (Å²) in [5.41, 5.74) is 0. The Bertz CT molecular complexity index is 15.0. The molecule has 0 aliphatic heterocycles. The Labute approximate surface area is 42.5 Å². The molecule has 0 spiro atoms. The largest absolute Gasteiger partial charge is 0.344 e. The van der Waals surface area contributed by atoms with E-state index < -0.39 is 0 Å². The number of hydrogen-bond acceptors (Lipinski definition) is 1. The van der Waals surface area contributed by atoms with Crippen molar-refractivity contribution in [1.29, 1.82) is 0 Å². The molecule has 0 aliphatic rings. The monoisotopic (exact) mass is 103 g/mol. The SMILES string of the molecule is CC[Si]CC.N. The highest BCUT2D eigenvalue weighted by Crippen LogP contribution is 1.77. The van der Waals surface area contributed by atoms with Crippen molar-refractivity contribution in [3.8, 4) is 0 Å². The molecule has 0 aromatic rings. The van der Waals surface area contributed by atoms with Gasteiger partial charge in [-0.25, -0.2) is 0 Å². The summed E-state index contributed by atoms with van der Waals surface area (Å²) in [6, 6.07) is 2.74. The van der Waals surface area contributed by atoms with Gasteiger partial charge in [0.1, 0.15) is 0 Å². The fraction of sp³-hybridized carbons (Fsp3) is 1.00. The van der Waals surface area contributed by atoms with Crippen LogP contribution in [0, 0.1) is 0 Å². The van der Waals surface area contributed by atoms with Crippen LogP contribution in [0.15, 0.2) is 0 Å². The molecule has 38 valence electrons. The lowest BCUT2D eigenvalue weighted by Gasteiger charge is -1.76. The normalized spacial score (nSPS) is 7.00. The minimum Gasteiger partial charge on any atom is -0.344 e. The highest BCUT2D eigenvalue weighted by molar-refractivity contribution is 6.34. The summed E-state index contributed by atoms with van der Waals surface area (Å²) < 4.78 is 0. The molecule has 0 aromatic heterocycles. The Balaban J connectivity index is 0. The lowest BCUT2D eigenvalue weighted by atomic mass is 11.0. The molecule has 0 aromatic carbocycles. The molecule has 0 aliphatic carbocycles. The van der Waals surface area contributed by atoms with Gasteiger partial charge in [0.2, 0.25) is 0 Å². The molecular weight excluding hydrogens is 90.1 g/mol. The van der Waals surface area contributed by atoms with E-state index in [0.717, 1.165) is 0 Å². The zero-order valence-corrected chi connectivity index (χ0v) is 5.62. The Morgan fingerprint density at radius 2 is 1.50 bits per heavy atom. The van der Waals surface area contributed by atoms with Crippen molar-refractivity contribution >= 4 is 9.52 Å². The molecule has 0 heterocycles. The summed E-state index contributed by atoms with van der Waals surface area (Å²) in [7, 11) is 1.20. The topological polar surface area (TPSA) is 35.0 Å². The molecule has 0 fully saturated rings. The Hall–Kier alpha value is 0.177. The van der Waals surface area contributed by atoms with E-state index in [0.29, 0.717) is 0 Å². The van der Waals surface area contributed by atoms with Crippen LogP contribution in [-0.4, -0.2) is 9.52 Å². The first-order chi connectivity index (χ1) is 2.41. The van der Waals surface area contributed by atoms with Crippen LogP contribution in [0.5, 0.6) is 0 Å². The van der Waals surface area contributed by atoms with E-state index in [2.05, 4.69) is 13.8 Å². The maximum absolute atomic E-state index is 2.22. The number of rotatable bonds is 2. The van der Waals surface area contributed by atoms with Crippen molar-refractivity contribution in [2.24, 2.45) is 0 Å². The fourth-order valence-electron chi connectivity index (χ4n) is 0.250. The van der Waals surface area contributed by atoms with Gasteiger partial charge in [0, 0.05) is 9.52 Å². The first-order valence-electron chi connectivity index (χ1n) is 2.12. The summed E-state index contributed by atoms with van der Waals surface area (Å²) in [6.45, 7) is 4.45. The summed E-state index contributed by atoms with van der Waals surface area (Å²) in [5.74, 6) is 0. The van der Waals surface area contributed by atoms with E-state index in [4.69, 9.17) is 0 Å². The Morgan fingerprint density at radius 3 is 1.50 bits per heavy atom. The molecule has 2 radical (unpaired) electrons. The molecule has 0 bridgehead atoms. The van der Waals surface area contributed by atoms with Gasteiger partial charge in [-0.2, -0.15) is 0 Å². The Kier molecular flexibility index (Phi) is 14.2. The molecule has 2 heteroatoms. The van der Waals surface area contributed by atoms with Gasteiger partial charge in [0.15, 0.2) is 0 Å². The maximum Gasteiger partial charge on any atom is 0.0372 e. The predicted molar refractivity (Wildman–Crippen MR) is 31.7 cm³/mol. The van der Waals surface area contributed by atoms with Gasteiger partial charge in [0.05, 0.1) is 0 Å². The zero-order chi connectivity index (χ0) is 4.12. The van der Waals surface area contributed by atoms with Crippen LogP contribution >= 0.6 is 0 Å². The summed E-state index contributed by atoms with van der Waals surface area (Å²) in [5, 5.41) is 0. The van der Waals surface area contributed by atoms with Gasteiger partial charge in [-0.05, 0) is 0 Å². The third-order valence-corrected chi connectivity index (χ3v) is 1.50. The van der Waals surface area contributed by atoms with Gasteiger partial charge >= 0.3 is 0 Å². The van der Waals surface area contributed by atoms with Gasteiger partial charge in [-0.15, -0.1) is 0 Å². The van der Waals surface area contributed by atoms with Crippen molar-refractivity contribution in [2.45, 2.75) is 25.9 Å². The molecule has 6 heavy (non-hydrogen) atoms. The average molecular weight is 103 g/mol. The fourth-order valence-corrected chi connectivity index (χ4v) is 0.750. The molecule has 0 saturated carbocycles. The summed E-state index contributed by atoms with van der Waals surface area (Å²) in [4.78, 5) is 0. The van der Waals surface area contributed by atoms with Crippen molar-refractivity contribution in [3.63, 3.8) is 0 Å². The van der Waals surface area contributed by atoms with Crippen LogP contribution in [-0.2, 0) is 0 Å². The third kappa shape index (κ3) is 8.90. The highest BCUT2D eigenvalue weighted by atomic mass is 28.2. The van der Waals surface area contributed by atoms with Crippen LogP contribution in [0.3, 0.4) is 0 Å². The van der Waals surface area contributed by atoms with Crippen LogP contribution < -0.4 is 6.15 Å². The zero-order valence-electron chi connectivity index (χ0n) is 4.62. The molecule has 0 amide bonds. The molecular formula is C4H13NSi. The van der Waals surface area contributed by atoms with Crippen molar-refractivity contribution < 1.29 is 0 Å². The molecule has 0 saturated heterocycles. The van der Waals surface area contributed by atoms with Crippen LogP contribution in [0.4, 0.5) is 0 Å². The van der Waals surface area contributed by atoms with Gasteiger partial charge in [-0.1, -0.05) is 25.9 Å². The second-order valence-electron chi connectivity index (χ2n) is 0.957. The van der Waals surface area contributed by atoms with E-state index in [-0.39, 0.29) is 6.15 Å². The molecule has 0 atom stereocenters. The molecule has 0 unspecified atom stereocenters. The first kappa shape index (κ1) is 9.49. The van der Waals surface area contributed by atoms with E-state index in [9.17, 15) is 0 Å². The highest BCUT2D eigenvalue weighted by Gasteiger charge is 1.70. The smallest absolute Gasteiger partial charge is 0.0372 e. The quantitative estimate of drug-likeness (QED) is 0.531. The van der Waals surface area contributed by atoms with Gasteiger partial charge in [0.25, 0.3) is 0 Å². The van der Waals surface area contributed by atoms with Crippen LogP contribution in [0.1, 0.15) is 13.8 Å². The second kappa shape index (κ2) is 8.95. The average Bonchev–Trinajstić information content (AvgIpc) is 1.41. The lowest BCUT2D eigenvalue weighted by Crippen LogP contribution is -1.76. The van der Waals surface area contributed by atoms with E-state index in [1.54, 1.807) is 0 Å². The van der Waals surface area contributed by atoms with Crippen LogP contribution in [0.2, 0.25) is 12.1 Å². The maximum atomic E-state index is 2.22. The van der Waals surface area contributed by atoms with Crippen LogP contribution in [0.25, 0.3) is 0 Å². The van der Waals surface area contributed by atoms with E-state index in [1.165, 1.54) is 21.6 Å². The summed E-state index contributed by atoms with van der Waals surface area (Å²) in [6.07, 6.45) is 0. The van der Waals surface area contributed by atoms with Crippen molar-refractivity contribution in [1.82, 2.24) is 6.15 Å². The molecule has 3 N–H and O–H groups in total.